The first-order valence-electron chi connectivity index (χ1n) is 8.25. The highest BCUT2D eigenvalue weighted by molar-refractivity contribution is 5.24. The molecule has 3 rings (SSSR count). The summed E-state index contributed by atoms with van der Waals surface area (Å²) >= 11 is 0. The van der Waals surface area contributed by atoms with Gasteiger partial charge >= 0.3 is 0 Å². The van der Waals surface area contributed by atoms with E-state index in [1.54, 1.807) is 5.56 Å². The van der Waals surface area contributed by atoms with Gasteiger partial charge in [0.15, 0.2) is 0 Å². The van der Waals surface area contributed by atoms with Crippen LogP contribution in [0.15, 0.2) is 48.5 Å². The highest BCUT2D eigenvalue weighted by atomic mass is 14.2. The average molecular weight is 280 g/mol. The molecule has 0 heteroatoms. The Balaban J connectivity index is 0.000000173. The lowest BCUT2D eigenvalue weighted by Crippen LogP contribution is -2.04. The molecule has 0 N–H and O–H groups in total. The van der Waals surface area contributed by atoms with E-state index in [-0.39, 0.29) is 0 Å². The van der Waals surface area contributed by atoms with E-state index in [1.165, 1.54) is 48.8 Å². The van der Waals surface area contributed by atoms with Gasteiger partial charge in [-0.1, -0.05) is 84.5 Å². The number of benzene rings is 2. The lowest BCUT2D eigenvalue weighted by atomic mass is 9.84. The maximum Gasteiger partial charge on any atom is -0.0162 e. The fourth-order valence-corrected chi connectivity index (χ4v) is 2.91. The Bertz CT molecular complexity index is 492. The molecule has 0 bridgehead atoms. The third-order valence-electron chi connectivity index (χ3n) is 4.37. The lowest BCUT2D eigenvalue weighted by Gasteiger charge is -2.21. The molecule has 2 aromatic rings. The van der Waals surface area contributed by atoms with Gasteiger partial charge in [-0.15, -0.1) is 0 Å². The van der Waals surface area contributed by atoms with E-state index in [4.69, 9.17) is 0 Å². The summed E-state index contributed by atoms with van der Waals surface area (Å²) in [7, 11) is 0. The Morgan fingerprint density at radius 3 is 1.38 bits per heavy atom. The fraction of sp³-hybridized carbons (Fsp3) is 0.429. The van der Waals surface area contributed by atoms with Gasteiger partial charge in [0.05, 0.1) is 0 Å². The number of hydrogen-bond acceptors (Lipinski definition) is 0. The van der Waals surface area contributed by atoms with Crippen LogP contribution in [0.1, 0.15) is 60.3 Å². The Morgan fingerprint density at radius 1 is 0.571 bits per heavy atom. The molecule has 112 valence electrons. The molecule has 1 saturated carbocycles. The first-order valence-corrected chi connectivity index (χ1v) is 8.25. The predicted octanol–water partition coefficient (Wildman–Crippen LogP) is 6.35. The zero-order valence-electron chi connectivity index (χ0n) is 13.7. The smallest absolute Gasteiger partial charge is 0.0162 e. The minimum Gasteiger partial charge on any atom is -0.0591 e. The Hall–Kier alpha value is -1.56. The Labute approximate surface area is 130 Å². The monoisotopic (exact) mass is 280 g/mol. The molecule has 0 aliphatic heterocycles. The van der Waals surface area contributed by atoms with Gasteiger partial charge in [-0.2, -0.15) is 0 Å². The van der Waals surface area contributed by atoms with E-state index in [9.17, 15) is 0 Å². The number of aryl methyl sites for hydroxylation is 3. The average Bonchev–Trinajstić information content (AvgIpc) is 2.52. The van der Waals surface area contributed by atoms with Gasteiger partial charge < -0.3 is 0 Å². The van der Waals surface area contributed by atoms with E-state index < -0.39 is 0 Å². The van der Waals surface area contributed by atoms with Crippen LogP contribution < -0.4 is 0 Å². The van der Waals surface area contributed by atoms with Gasteiger partial charge in [0.25, 0.3) is 0 Å². The predicted molar refractivity (Wildman–Crippen MR) is 92.9 cm³/mol. The summed E-state index contributed by atoms with van der Waals surface area (Å²) in [6, 6.07) is 17.6. The van der Waals surface area contributed by atoms with Gasteiger partial charge in [-0.05, 0) is 45.1 Å². The van der Waals surface area contributed by atoms with Crippen molar-refractivity contribution >= 4 is 0 Å². The van der Waals surface area contributed by atoms with Crippen molar-refractivity contribution < 1.29 is 0 Å². The second kappa shape index (κ2) is 8.02. The van der Waals surface area contributed by atoms with Crippen LogP contribution in [0.3, 0.4) is 0 Å². The number of rotatable bonds is 1. The quantitative estimate of drug-likeness (QED) is 0.571. The normalized spacial score (nSPS) is 15.2. The van der Waals surface area contributed by atoms with E-state index in [1.807, 2.05) is 0 Å². The van der Waals surface area contributed by atoms with E-state index in [2.05, 4.69) is 69.3 Å². The lowest BCUT2D eigenvalue weighted by molar-refractivity contribution is 0.443. The molecule has 0 atom stereocenters. The molecule has 0 aromatic heterocycles. The van der Waals surface area contributed by atoms with Crippen LogP contribution in [0.4, 0.5) is 0 Å². The van der Waals surface area contributed by atoms with Crippen molar-refractivity contribution in [2.45, 2.75) is 58.8 Å². The van der Waals surface area contributed by atoms with Crippen molar-refractivity contribution in [1.29, 1.82) is 0 Å². The molecule has 0 nitrogen and oxygen atoms in total. The largest absolute Gasteiger partial charge is 0.0591 e. The molecule has 0 saturated heterocycles. The summed E-state index contributed by atoms with van der Waals surface area (Å²) in [4.78, 5) is 0. The van der Waals surface area contributed by atoms with Gasteiger partial charge in [0.1, 0.15) is 0 Å². The van der Waals surface area contributed by atoms with Crippen LogP contribution >= 0.6 is 0 Å². The highest BCUT2D eigenvalue weighted by Gasteiger charge is 2.14. The van der Waals surface area contributed by atoms with Crippen LogP contribution in [0.2, 0.25) is 0 Å². The maximum atomic E-state index is 2.31. The summed E-state index contributed by atoms with van der Waals surface area (Å²) in [5, 5.41) is 0. The van der Waals surface area contributed by atoms with Crippen LogP contribution in [0.5, 0.6) is 0 Å². The van der Waals surface area contributed by atoms with Crippen molar-refractivity contribution in [3.8, 4) is 0 Å². The molecule has 1 aliphatic carbocycles. The molecule has 1 fully saturated rings. The number of hydrogen-bond donors (Lipinski definition) is 0. The van der Waals surface area contributed by atoms with Crippen LogP contribution in [-0.2, 0) is 0 Å². The molecule has 0 heterocycles. The molecule has 1 aliphatic rings. The fourth-order valence-electron chi connectivity index (χ4n) is 2.91. The minimum atomic E-state index is 0.856. The van der Waals surface area contributed by atoms with Crippen molar-refractivity contribution in [3.63, 3.8) is 0 Å². The zero-order valence-corrected chi connectivity index (χ0v) is 13.7. The van der Waals surface area contributed by atoms with Gasteiger partial charge in [0.2, 0.25) is 0 Å². The molecule has 21 heavy (non-hydrogen) atoms. The van der Waals surface area contributed by atoms with Gasteiger partial charge in [0, 0.05) is 0 Å². The molecule has 0 spiro atoms. The summed E-state index contributed by atoms with van der Waals surface area (Å²) < 4.78 is 0. The summed E-state index contributed by atoms with van der Waals surface area (Å²) in [5.41, 5.74) is 5.59. The zero-order chi connectivity index (χ0) is 15.1. The van der Waals surface area contributed by atoms with Crippen molar-refractivity contribution in [1.82, 2.24) is 0 Å². The third-order valence-corrected chi connectivity index (χ3v) is 4.37. The first-order chi connectivity index (χ1) is 10.1. The van der Waals surface area contributed by atoms with Crippen LogP contribution in [-0.4, -0.2) is 0 Å². The second-order valence-corrected chi connectivity index (χ2v) is 6.40. The Morgan fingerprint density at radius 2 is 0.952 bits per heavy atom. The maximum absolute atomic E-state index is 2.31. The van der Waals surface area contributed by atoms with Crippen molar-refractivity contribution in [2.24, 2.45) is 0 Å². The summed E-state index contributed by atoms with van der Waals surface area (Å²) in [6.45, 7) is 6.35. The molecule has 2 aromatic carbocycles. The second-order valence-electron chi connectivity index (χ2n) is 6.40. The summed E-state index contributed by atoms with van der Waals surface area (Å²) in [6.07, 6.45) is 7.12. The SMILES string of the molecule is Cc1ccc(C)cc1.Cc1ccc(C2CCCCC2)cc1. The first kappa shape index (κ1) is 15.8. The standard InChI is InChI=1S/C13H18.C8H10/c1-11-7-9-13(10-8-11)12-5-3-2-4-6-12;1-7-3-5-8(2)6-4-7/h7-10,12H,2-6H2,1H3;3-6H,1-2H3. The van der Waals surface area contributed by atoms with Crippen molar-refractivity contribution in [2.75, 3.05) is 0 Å². The molecule has 0 amide bonds. The van der Waals surface area contributed by atoms with Crippen LogP contribution in [0, 0.1) is 20.8 Å². The minimum absolute atomic E-state index is 0.856. The third kappa shape index (κ3) is 5.38. The van der Waals surface area contributed by atoms with Crippen LogP contribution in [0.25, 0.3) is 0 Å². The van der Waals surface area contributed by atoms with E-state index in [0.717, 1.165) is 5.92 Å². The molecular weight excluding hydrogens is 252 g/mol. The van der Waals surface area contributed by atoms with Gasteiger partial charge in [-0.3, -0.25) is 0 Å². The Kier molecular flexibility index (Phi) is 6.04. The molecular formula is C21H28. The molecule has 0 radical (unpaired) electrons. The topological polar surface area (TPSA) is 0 Å². The van der Waals surface area contributed by atoms with E-state index in [0.29, 0.717) is 0 Å². The molecule has 0 unspecified atom stereocenters. The highest BCUT2D eigenvalue weighted by Crippen LogP contribution is 2.32. The summed E-state index contributed by atoms with van der Waals surface area (Å²) in [5.74, 6) is 0.856. The van der Waals surface area contributed by atoms with Gasteiger partial charge in [-0.25, -0.2) is 0 Å². The van der Waals surface area contributed by atoms with E-state index >= 15 is 0 Å². The van der Waals surface area contributed by atoms with Crippen molar-refractivity contribution in [3.05, 3.63) is 70.8 Å².